The normalized spacial score (nSPS) is 10.6. The van der Waals surface area contributed by atoms with E-state index in [1.165, 1.54) is 0 Å². The van der Waals surface area contributed by atoms with Crippen molar-refractivity contribution >= 4 is 5.78 Å². The fourth-order valence-corrected chi connectivity index (χ4v) is 3.23. The van der Waals surface area contributed by atoms with Gasteiger partial charge in [-0.05, 0) is 37.1 Å². The van der Waals surface area contributed by atoms with E-state index in [1.807, 2.05) is 55.5 Å². The third kappa shape index (κ3) is 3.36. The highest BCUT2D eigenvalue weighted by molar-refractivity contribution is 6.02. The maximum Gasteiger partial charge on any atom is 0.163 e. The van der Waals surface area contributed by atoms with Crippen molar-refractivity contribution in [2.45, 2.75) is 20.3 Å². The molecule has 0 spiro atoms. The predicted octanol–water partition coefficient (Wildman–Crippen LogP) is 5.07. The summed E-state index contributed by atoms with van der Waals surface area (Å²) in [4.78, 5) is 12.3. The highest BCUT2D eigenvalue weighted by atomic mass is 16.5. The number of furan rings is 1. The number of carbonyl (C=O) groups is 1. The van der Waals surface area contributed by atoms with Crippen molar-refractivity contribution in [1.29, 1.82) is 0 Å². The smallest absolute Gasteiger partial charge is 0.163 e. The lowest BCUT2D eigenvalue weighted by molar-refractivity contribution is 0.101. The molecule has 4 heteroatoms. The number of carbonyl (C=O) groups excluding carboxylic acids is 1. The molecule has 134 valence electrons. The van der Waals surface area contributed by atoms with Crippen LogP contribution in [0.15, 0.2) is 52.9 Å². The standard InChI is InChI=1S/C22H22O4/c1-14(23)21-15(2)26-20(12-16-8-6-5-7-9-16)22(21)17-10-11-18(24-3)19(13-17)25-4/h5-11,13H,12H2,1-4H3. The maximum absolute atomic E-state index is 12.3. The zero-order chi connectivity index (χ0) is 18.7. The van der Waals surface area contributed by atoms with E-state index < -0.39 is 0 Å². The van der Waals surface area contributed by atoms with Crippen molar-refractivity contribution < 1.29 is 18.7 Å². The molecule has 0 fully saturated rings. The summed E-state index contributed by atoms with van der Waals surface area (Å²) in [5.41, 5.74) is 3.43. The van der Waals surface area contributed by atoms with Crippen LogP contribution in [0.5, 0.6) is 11.5 Å². The summed E-state index contributed by atoms with van der Waals surface area (Å²) in [5, 5.41) is 0. The number of aryl methyl sites for hydroxylation is 1. The molecule has 3 aromatic rings. The average molecular weight is 350 g/mol. The molecule has 0 saturated heterocycles. The Balaban J connectivity index is 2.17. The van der Waals surface area contributed by atoms with Crippen LogP contribution in [0.1, 0.15) is 34.4 Å². The SMILES string of the molecule is COc1ccc(-c2c(Cc3ccccc3)oc(C)c2C(C)=O)cc1OC. The molecule has 4 nitrogen and oxygen atoms in total. The van der Waals surface area contributed by atoms with E-state index in [9.17, 15) is 4.79 Å². The van der Waals surface area contributed by atoms with E-state index in [4.69, 9.17) is 13.9 Å². The summed E-state index contributed by atoms with van der Waals surface area (Å²) >= 11 is 0. The second kappa shape index (κ2) is 7.48. The Morgan fingerprint density at radius 3 is 2.31 bits per heavy atom. The van der Waals surface area contributed by atoms with Crippen molar-refractivity contribution in [2.24, 2.45) is 0 Å². The molecule has 1 heterocycles. The Morgan fingerprint density at radius 1 is 1.00 bits per heavy atom. The summed E-state index contributed by atoms with van der Waals surface area (Å²) in [6.45, 7) is 3.39. The summed E-state index contributed by atoms with van der Waals surface area (Å²) in [6, 6.07) is 15.7. The van der Waals surface area contributed by atoms with Gasteiger partial charge in [-0.25, -0.2) is 0 Å². The number of ether oxygens (including phenoxy) is 2. The molecular weight excluding hydrogens is 328 g/mol. The van der Waals surface area contributed by atoms with Gasteiger partial charge in [-0.3, -0.25) is 4.79 Å². The number of hydrogen-bond donors (Lipinski definition) is 0. The van der Waals surface area contributed by atoms with Gasteiger partial charge in [0.15, 0.2) is 17.3 Å². The van der Waals surface area contributed by atoms with Gasteiger partial charge in [0.05, 0.1) is 19.8 Å². The van der Waals surface area contributed by atoms with Crippen LogP contribution in [-0.4, -0.2) is 20.0 Å². The highest BCUT2D eigenvalue weighted by Crippen LogP contribution is 2.38. The summed E-state index contributed by atoms with van der Waals surface area (Å²) in [5.74, 6) is 2.64. The summed E-state index contributed by atoms with van der Waals surface area (Å²) in [6.07, 6.45) is 0.610. The van der Waals surface area contributed by atoms with Crippen LogP contribution >= 0.6 is 0 Å². The van der Waals surface area contributed by atoms with E-state index in [1.54, 1.807) is 21.1 Å². The van der Waals surface area contributed by atoms with E-state index in [2.05, 4.69) is 0 Å². The van der Waals surface area contributed by atoms with E-state index in [0.29, 0.717) is 29.2 Å². The maximum atomic E-state index is 12.3. The van der Waals surface area contributed by atoms with Crippen LogP contribution in [0.3, 0.4) is 0 Å². The van der Waals surface area contributed by atoms with Gasteiger partial charge in [0.1, 0.15) is 11.5 Å². The van der Waals surface area contributed by atoms with Gasteiger partial charge in [0.25, 0.3) is 0 Å². The van der Waals surface area contributed by atoms with Gasteiger partial charge < -0.3 is 13.9 Å². The molecule has 0 N–H and O–H groups in total. The monoisotopic (exact) mass is 350 g/mol. The van der Waals surface area contributed by atoms with Crippen LogP contribution < -0.4 is 9.47 Å². The van der Waals surface area contributed by atoms with Crippen LogP contribution in [0.4, 0.5) is 0 Å². The zero-order valence-electron chi connectivity index (χ0n) is 15.5. The Kier molecular flexibility index (Phi) is 5.12. The molecule has 0 amide bonds. The Hall–Kier alpha value is -3.01. The average Bonchev–Trinajstić information content (AvgIpc) is 2.97. The summed E-state index contributed by atoms with van der Waals surface area (Å²) < 4.78 is 16.7. The third-order valence-corrected chi connectivity index (χ3v) is 4.39. The molecule has 1 aromatic heterocycles. The molecule has 0 saturated carbocycles. The summed E-state index contributed by atoms with van der Waals surface area (Å²) in [7, 11) is 3.19. The molecule has 2 aromatic carbocycles. The van der Waals surface area contributed by atoms with Gasteiger partial charge in [0, 0.05) is 12.0 Å². The highest BCUT2D eigenvalue weighted by Gasteiger charge is 2.23. The van der Waals surface area contributed by atoms with Gasteiger partial charge in [-0.15, -0.1) is 0 Å². The lowest BCUT2D eigenvalue weighted by atomic mass is 9.95. The lowest BCUT2D eigenvalue weighted by Crippen LogP contribution is -1.98. The Morgan fingerprint density at radius 2 is 1.69 bits per heavy atom. The molecule has 0 bridgehead atoms. The van der Waals surface area contributed by atoms with Crippen LogP contribution in [0.25, 0.3) is 11.1 Å². The molecular formula is C22H22O4. The van der Waals surface area contributed by atoms with Crippen LogP contribution in [-0.2, 0) is 6.42 Å². The van der Waals surface area contributed by atoms with Crippen molar-refractivity contribution in [1.82, 2.24) is 0 Å². The minimum atomic E-state index is -0.0182. The van der Waals surface area contributed by atoms with Crippen molar-refractivity contribution in [3.8, 4) is 22.6 Å². The molecule has 0 aliphatic carbocycles. The van der Waals surface area contributed by atoms with Crippen LogP contribution in [0, 0.1) is 6.92 Å². The topological polar surface area (TPSA) is 48.7 Å². The number of ketones is 1. The minimum absolute atomic E-state index is 0.0182. The molecule has 0 aliphatic rings. The fourth-order valence-electron chi connectivity index (χ4n) is 3.23. The zero-order valence-corrected chi connectivity index (χ0v) is 15.5. The molecule has 0 atom stereocenters. The Bertz CT molecular complexity index is 923. The fraction of sp³-hybridized carbons (Fsp3) is 0.227. The first-order valence-corrected chi connectivity index (χ1v) is 8.44. The number of hydrogen-bond acceptors (Lipinski definition) is 4. The van der Waals surface area contributed by atoms with Crippen molar-refractivity contribution in [2.75, 3.05) is 14.2 Å². The van der Waals surface area contributed by atoms with E-state index in [0.717, 1.165) is 22.5 Å². The van der Waals surface area contributed by atoms with E-state index >= 15 is 0 Å². The second-order valence-corrected chi connectivity index (χ2v) is 6.12. The first-order chi connectivity index (χ1) is 12.5. The molecule has 0 aliphatic heterocycles. The van der Waals surface area contributed by atoms with Crippen LogP contribution in [0.2, 0.25) is 0 Å². The predicted molar refractivity (Wildman–Crippen MR) is 101 cm³/mol. The Labute approximate surface area is 153 Å². The number of Topliss-reactive ketones (excluding diaryl/α,β-unsaturated/α-hetero) is 1. The van der Waals surface area contributed by atoms with E-state index in [-0.39, 0.29) is 5.78 Å². The second-order valence-electron chi connectivity index (χ2n) is 6.12. The van der Waals surface area contributed by atoms with Crippen molar-refractivity contribution in [3.63, 3.8) is 0 Å². The number of rotatable bonds is 6. The first kappa shape index (κ1) is 17.8. The molecule has 0 unspecified atom stereocenters. The quantitative estimate of drug-likeness (QED) is 0.583. The van der Waals surface area contributed by atoms with Gasteiger partial charge in [0.2, 0.25) is 0 Å². The molecule has 0 radical (unpaired) electrons. The van der Waals surface area contributed by atoms with Gasteiger partial charge in [-0.1, -0.05) is 36.4 Å². The minimum Gasteiger partial charge on any atom is -0.493 e. The third-order valence-electron chi connectivity index (χ3n) is 4.39. The number of benzene rings is 2. The van der Waals surface area contributed by atoms with Crippen molar-refractivity contribution in [3.05, 3.63) is 71.2 Å². The number of methoxy groups -OCH3 is 2. The van der Waals surface area contributed by atoms with Gasteiger partial charge in [-0.2, -0.15) is 0 Å². The van der Waals surface area contributed by atoms with Gasteiger partial charge >= 0.3 is 0 Å². The molecule has 26 heavy (non-hydrogen) atoms. The lowest BCUT2D eigenvalue weighted by Gasteiger charge is -2.11. The molecule has 3 rings (SSSR count). The first-order valence-electron chi connectivity index (χ1n) is 8.44. The largest absolute Gasteiger partial charge is 0.493 e.